The topological polar surface area (TPSA) is 66.2 Å². The molecule has 1 aromatic rings. The van der Waals surface area contributed by atoms with E-state index in [4.69, 9.17) is 5.73 Å². The molecule has 0 bridgehead atoms. The summed E-state index contributed by atoms with van der Waals surface area (Å²) in [7, 11) is 0. The number of hydrogen-bond acceptors (Lipinski definition) is 3. The smallest absolute Gasteiger partial charge is 0.548 e. The van der Waals surface area contributed by atoms with Crippen molar-refractivity contribution in [1.29, 1.82) is 0 Å². The molecular formula is C8H7FKNO2. The van der Waals surface area contributed by atoms with E-state index < -0.39 is 17.8 Å². The molecule has 1 unspecified atom stereocenters. The maximum Gasteiger partial charge on any atom is 1.00 e. The van der Waals surface area contributed by atoms with E-state index in [0.29, 0.717) is 0 Å². The molecule has 0 aliphatic heterocycles. The summed E-state index contributed by atoms with van der Waals surface area (Å²) < 4.78 is 12.5. The first-order valence-corrected chi connectivity index (χ1v) is 3.33. The van der Waals surface area contributed by atoms with Gasteiger partial charge in [0.25, 0.3) is 0 Å². The minimum absolute atomic E-state index is 0. The Kier molecular flexibility index (Phi) is 5.94. The van der Waals surface area contributed by atoms with Crippen LogP contribution < -0.4 is 62.2 Å². The number of benzene rings is 1. The Hall–Kier alpha value is 0.216. The van der Waals surface area contributed by atoms with Crippen molar-refractivity contribution < 1.29 is 65.7 Å². The average Bonchev–Trinajstić information content (AvgIpc) is 2.03. The molecule has 0 aromatic heterocycles. The molecule has 0 radical (unpaired) electrons. The third-order valence-corrected chi connectivity index (χ3v) is 1.46. The summed E-state index contributed by atoms with van der Waals surface area (Å²) in [5.74, 6) is -1.93. The Balaban J connectivity index is 0.00000144. The number of carbonyl (C=O) groups excluding carboxylic acids is 1. The SMILES string of the molecule is NC(C(=O)[O-])c1cccc(F)c1.[K+]. The molecule has 0 heterocycles. The van der Waals surface area contributed by atoms with Crippen LogP contribution in [0.25, 0.3) is 0 Å². The fourth-order valence-corrected chi connectivity index (χ4v) is 0.836. The number of aliphatic carboxylic acids is 1. The van der Waals surface area contributed by atoms with Crippen LogP contribution in [0.1, 0.15) is 11.6 Å². The van der Waals surface area contributed by atoms with Gasteiger partial charge in [0.2, 0.25) is 0 Å². The van der Waals surface area contributed by atoms with Crippen molar-refractivity contribution in [3.05, 3.63) is 35.6 Å². The number of carbonyl (C=O) groups is 1. The van der Waals surface area contributed by atoms with Gasteiger partial charge >= 0.3 is 51.4 Å². The molecule has 1 rings (SSSR count). The molecule has 1 atom stereocenters. The Bertz CT molecular complexity index is 306. The molecule has 0 saturated carbocycles. The van der Waals surface area contributed by atoms with Crippen LogP contribution in [-0.4, -0.2) is 5.97 Å². The number of rotatable bonds is 2. The van der Waals surface area contributed by atoms with Gasteiger partial charge in [-0.2, -0.15) is 0 Å². The van der Waals surface area contributed by atoms with E-state index in [1.165, 1.54) is 18.2 Å². The van der Waals surface area contributed by atoms with Crippen LogP contribution in [0.5, 0.6) is 0 Å². The Morgan fingerprint density at radius 2 is 2.15 bits per heavy atom. The van der Waals surface area contributed by atoms with Crippen molar-refractivity contribution in [2.24, 2.45) is 5.73 Å². The number of carboxylic acids is 1. The van der Waals surface area contributed by atoms with E-state index >= 15 is 0 Å². The first kappa shape index (κ1) is 13.2. The largest absolute Gasteiger partial charge is 1.00 e. The number of hydrogen-bond donors (Lipinski definition) is 1. The molecule has 1 aromatic carbocycles. The summed E-state index contributed by atoms with van der Waals surface area (Å²) in [6, 6.07) is 3.85. The average molecular weight is 207 g/mol. The molecule has 0 aliphatic rings. The first-order valence-electron chi connectivity index (χ1n) is 3.33. The van der Waals surface area contributed by atoms with Crippen LogP contribution in [0.3, 0.4) is 0 Å². The summed E-state index contributed by atoms with van der Waals surface area (Å²) in [6.07, 6.45) is 0. The van der Waals surface area contributed by atoms with Crippen LogP contribution in [0, 0.1) is 5.82 Å². The molecule has 64 valence electrons. The van der Waals surface area contributed by atoms with Gasteiger partial charge in [0, 0.05) is 0 Å². The molecule has 0 aliphatic carbocycles. The van der Waals surface area contributed by atoms with Gasteiger partial charge in [-0.25, -0.2) is 4.39 Å². The molecular weight excluding hydrogens is 200 g/mol. The van der Waals surface area contributed by atoms with E-state index in [1.807, 2.05) is 0 Å². The summed E-state index contributed by atoms with van der Waals surface area (Å²) >= 11 is 0. The van der Waals surface area contributed by atoms with Gasteiger partial charge in [0.1, 0.15) is 5.82 Å². The molecule has 0 fully saturated rings. The minimum Gasteiger partial charge on any atom is -0.548 e. The van der Waals surface area contributed by atoms with E-state index in [-0.39, 0.29) is 56.9 Å². The minimum atomic E-state index is -1.42. The zero-order chi connectivity index (χ0) is 9.14. The van der Waals surface area contributed by atoms with Crippen molar-refractivity contribution in [3.63, 3.8) is 0 Å². The zero-order valence-electron chi connectivity index (χ0n) is 7.16. The Labute approximate surface area is 118 Å². The van der Waals surface area contributed by atoms with Gasteiger partial charge in [-0.3, -0.25) is 0 Å². The molecule has 0 amide bonds. The molecule has 2 N–H and O–H groups in total. The van der Waals surface area contributed by atoms with Gasteiger partial charge in [-0.1, -0.05) is 12.1 Å². The normalized spacial score (nSPS) is 11.5. The molecule has 0 saturated heterocycles. The van der Waals surface area contributed by atoms with Crippen molar-refractivity contribution in [2.45, 2.75) is 6.04 Å². The number of carboxylic acid groups (broad SMARTS) is 1. The predicted molar refractivity (Wildman–Crippen MR) is 38.3 cm³/mol. The number of halogens is 1. The van der Waals surface area contributed by atoms with Crippen molar-refractivity contribution >= 4 is 5.97 Å². The second kappa shape index (κ2) is 5.84. The molecule has 13 heavy (non-hydrogen) atoms. The van der Waals surface area contributed by atoms with Gasteiger partial charge < -0.3 is 15.6 Å². The van der Waals surface area contributed by atoms with Crippen molar-refractivity contribution in [3.8, 4) is 0 Å². The monoisotopic (exact) mass is 207 g/mol. The third-order valence-electron chi connectivity index (χ3n) is 1.46. The molecule has 3 nitrogen and oxygen atoms in total. The van der Waals surface area contributed by atoms with E-state index in [2.05, 4.69) is 0 Å². The Morgan fingerprint density at radius 1 is 1.54 bits per heavy atom. The fourth-order valence-electron chi connectivity index (χ4n) is 0.836. The summed E-state index contributed by atoms with van der Waals surface area (Å²) in [6.45, 7) is 0. The van der Waals surface area contributed by atoms with Crippen LogP contribution in [0.15, 0.2) is 24.3 Å². The van der Waals surface area contributed by atoms with Gasteiger partial charge in [-0.05, 0) is 17.7 Å². The standard InChI is InChI=1S/C8H8FNO2.K/c9-6-3-1-2-5(4-6)7(10)8(11)12;/h1-4,7H,10H2,(H,11,12);/q;+1/p-1. The maximum atomic E-state index is 12.5. The van der Waals surface area contributed by atoms with Crippen LogP contribution in [0.2, 0.25) is 0 Å². The van der Waals surface area contributed by atoms with Gasteiger partial charge in [0.05, 0.1) is 12.0 Å². The zero-order valence-corrected chi connectivity index (χ0v) is 10.3. The predicted octanol–water partition coefficient (Wildman–Crippen LogP) is -3.42. The van der Waals surface area contributed by atoms with Crippen molar-refractivity contribution in [2.75, 3.05) is 0 Å². The third kappa shape index (κ3) is 3.84. The Morgan fingerprint density at radius 3 is 2.62 bits per heavy atom. The second-order valence-corrected chi connectivity index (χ2v) is 2.35. The van der Waals surface area contributed by atoms with Gasteiger partial charge in [-0.15, -0.1) is 0 Å². The maximum absolute atomic E-state index is 12.5. The van der Waals surface area contributed by atoms with Gasteiger partial charge in [0.15, 0.2) is 0 Å². The van der Waals surface area contributed by atoms with Crippen LogP contribution in [0.4, 0.5) is 4.39 Å². The van der Waals surface area contributed by atoms with Crippen LogP contribution >= 0.6 is 0 Å². The number of nitrogens with two attached hydrogens (primary N) is 1. The fraction of sp³-hybridized carbons (Fsp3) is 0.125. The van der Waals surface area contributed by atoms with Crippen LogP contribution in [-0.2, 0) is 4.79 Å². The summed E-state index contributed by atoms with van der Waals surface area (Å²) in [5, 5.41) is 10.3. The van der Waals surface area contributed by atoms with E-state index in [0.717, 1.165) is 6.07 Å². The van der Waals surface area contributed by atoms with Crippen molar-refractivity contribution in [1.82, 2.24) is 0 Å². The van der Waals surface area contributed by atoms with E-state index in [9.17, 15) is 14.3 Å². The quantitative estimate of drug-likeness (QED) is 0.514. The van der Waals surface area contributed by atoms with E-state index in [1.54, 1.807) is 0 Å². The second-order valence-electron chi connectivity index (χ2n) is 2.35. The summed E-state index contributed by atoms with van der Waals surface area (Å²) in [4.78, 5) is 10.3. The molecule has 0 spiro atoms. The summed E-state index contributed by atoms with van der Waals surface area (Å²) in [5.41, 5.74) is 5.38. The molecule has 5 heteroatoms. The first-order chi connectivity index (χ1) is 5.61.